The molecule has 0 bridgehead atoms. The molecule has 2 aromatic carbocycles. The third-order valence-corrected chi connectivity index (χ3v) is 4.50. The standard InChI is InChI=1S/C20H23NO3/c1-23-18-11-10-16(19(22)15-8-4-3-5-9-15)20(24-2)17(18)14-21-12-6-7-13-21/h3-5,8-11H,6-7,12-14H2,1-2H3. The van der Waals surface area contributed by atoms with E-state index in [1.807, 2.05) is 36.4 Å². The van der Waals surface area contributed by atoms with Crippen molar-refractivity contribution in [1.82, 2.24) is 4.90 Å². The Morgan fingerprint density at radius 3 is 2.33 bits per heavy atom. The van der Waals surface area contributed by atoms with Crippen LogP contribution in [0.15, 0.2) is 42.5 Å². The van der Waals surface area contributed by atoms with Gasteiger partial charge in [0.05, 0.1) is 25.3 Å². The highest BCUT2D eigenvalue weighted by Gasteiger charge is 2.23. The van der Waals surface area contributed by atoms with Crippen molar-refractivity contribution in [3.8, 4) is 11.5 Å². The lowest BCUT2D eigenvalue weighted by atomic mass is 9.99. The van der Waals surface area contributed by atoms with E-state index in [0.29, 0.717) is 16.9 Å². The van der Waals surface area contributed by atoms with Gasteiger partial charge in [0.15, 0.2) is 5.78 Å². The van der Waals surface area contributed by atoms with Gasteiger partial charge in [0.1, 0.15) is 11.5 Å². The topological polar surface area (TPSA) is 38.8 Å². The molecule has 1 heterocycles. The first-order chi connectivity index (χ1) is 11.7. The lowest BCUT2D eigenvalue weighted by Crippen LogP contribution is -2.20. The molecule has 0 saturated carbocycles. The van der Waals surface area contributed by atoms with Crippen molar-refractivity contribution in [2.45, 2.75) is 19.4 Å². The Kier molecular flexibility index (Phi) is 5.16. The molecule has 1 saturated heterocycles. The first-order valence-electron chi connectivity index (χ1n) is 8.30. The molecule has 0 aromatic heterocycles. The van der Waals surface area contributed by atoms with Gasteiger partial charge in [0.25, 0.3) is 0 Å². The van der Waals surface area contributed by atoms with E-state index in [9.17, 15) is 4.79 Å². The average Bonchev–Trinajstić information content (AvgIpc) is 3.14. The zero-order chi connectivity index (χ0) is 16.9. The van der Waals surface area contributed by atoms with Crippen LogP contribution in [0.5, 0.6) is 11.5 Å². The van der Waals surface area contributed by atoms with Gasteiger partial charge < -0.3 is 9.47 Å². The highest BCUT2D eigenvalue weighted by molar-refractivity contribution is 6.11. The second-order valence-corrected chi connectivity index (χ2v) is 6.01. The third kappa shape index (κ3) is 3.29. The summed E-state index contributed by atoms with van der Waals surface area (Å²) in [6.07, 6.45) is 2.43. The first kappa shape index (κ1) is 16.5. The molecule has 0 spiro atoms. The molecule has 0 atom stereocenters. The van der Waals surface area contributed by atoms with Crippen LogP contribution in [0.4, 0.5) is 0 Å². The van der Waals surface area contributed by atoms with Crippen LogP contribution in [-0.4, -0.2) is 38.0 Å². The molecule has 126 valence electrons. The number of rotatable bonds is 6. The van der Waals surface area contributed by atoms with E-state index >= 15 is 0 Å². The van der Waals surface area contributed by atoms with Gasteiger partial charge in [-0.3, -0.25) is 9.69 Å². The van der Waals surface area contributed by atoms with Crippen LogP contribution >= 0.6 is 0 Å². The molecule has 0 unspecified atom stereocenters. The van der Waals surface area contributed by atoms with Crippen LogP contribution in [-0.2, 0) is 6.54 Å². The predicted molar refractivity (Wildman–Crippen MR) is 93.9 cm³/mol. The van der Waals surface area contributed by atoms with Crippen molar-refractivity contribution in [2.75, 3.05) is 27.3 Å². The number of methoxy groups -OCH3 is 2. The van der Waals surface area contributed by atoms with Gasteiger partial charge in [0.2, 0.25) is 0 Å². The summed E-state index contributed by atoms with van der Waals surface area (Å²) in [4.78, 5) is 15.3. The fourth-order valence-corrected chi connectivity index (χ4v) is 3.27. The summed E-state index contributed by atoms with van der Waals surface area (Å²) in [6, 6.07) is 13.0. The van der Waals surface area contributed by atoms with E-state index in [1.165, 1.54) is 12.8 Å². The van der Waals surface area contributed by atoms with Crippen LogP contribution in [0, 0.1) is 0 Å². The molecule has 1 aliphatic rings. The Balaban J connectivity index is 2.01. The molecule has 24 heavy (non-hydrogen) atoms. The Labute approximate surface area is 143 Å². The number of likely N-dealkylation sites (tertiary alicyclic amines) is 1. The van der Waals surface area contributed by atoms with E-state index in [1.54, 1.807) is 20.3 Å². The molecule has 1 fully saturated rings. The summed E-state index contributed by atoms with van der Waals surface area (Å²) in [5.74, 6) is 1.36. The van der Waals surface area contributed by atoms with Crippen LogP contribution in [0.2, 0.25) is 0 Å². The number of carbonyl (C=O) groups excluding carboxylic acids is 1. The summed E-state index contributed by atoms with van der Waals surface area (Å²) >= 11 is 0. The monoisotopic (exact) mass is 325 g/mol. The number of carbonyl (C=O) groups is 1. The fraction of sp³-hybridized carbons (Fsp3) is 0.350. The Bertz CT molecular complexity index is 706. The smallest absolute Gasteiger partial charge is 0.196 e. The Hall–Kier alpha value is -2.33. The fourth-order valence-electron chi connectivity index (χ4n) is 3.27. The minimum absolute atomic E-state index is 0.0298. The lowest BCUT2D eigenvalue weighted by Gasteiger charge is -2.21. The molecule has 0 N–H and O–H groups in total. The van der Waals surface area contributed by atoms with Gasteiger partial charge in [-0.2, -0.15) is 0 Å². The number of nitrogens with zero attached hydrogens (tertiary/aromatic N) is 1. The summed E-state index contributed by atoms with van der Waals surface area (Å²) in [5, 5.41) is 0. The van der Waals surface area contributed by atoms with Crippen LogP contribution in [0.25, 0.3) is 0 Å². The van der Waals surface area contributed by atoms with E-state index < -0.39 is 0 Å². The number of ketones is 1. The highest BCUT2D eigenvalue weighted by atomic mass is 16.5. The Morgan fingerprint density at radius 1 is 1.00 bits per heavy atom. The molecule has 0 aliphatic carbocycles. The number of benzene rings is 2. The Morgan fingerprint density at radius 2 is 1.71 bits per heavy atom. The summed E-state index contributed by atoms with van der Waals surface area (Å²) in [6.45, 7) is 2.88. The van der Waals surface area contributed by atoms with Crippen molar-refractivity contribution >= 4 is 5.78 Å². The maximum absolute atomic E-state index is 12.9. The largest absolute Gasteiger partial charge is 0.496 e. The molecular formula is C20H23NO3. The second-order valence-electron chi connectivity index (χ2n) is 6.01. The summed E-state index contributed by atoms with van der Waals surface area (Å²) in [5.41, 5.74) is 2.19. The minimum Gasteiger partial charge on any atom is -0.496 e. The lowest BCUT2D eigenvalue weighted by molar-refractivity contribution is 0.103. The molecule has 4 heteroatoms. The van der Waals surface area contributed by atoms with Gasteiger partial charge in [-0.1, -0.05) is 30.3 Å². The molecule has 1 aliphatic heterocycles. The molecule has 3 rings (SSSR count). The number of hydrogen-bond acceptors (Lipinski definition) is 4. The van der Waals surface area contributed by atoms with Crippen LogP contribution in [0.1, 0.15) is 34.3 Å². The summed E-state index contributed by atoms with van der Waals surface area (Å²) < 4.78 is 11.2. The SMILES string of the molecule is COc1ccc(C(=O)c2ccccc2)c(OC)c1CN1CCCC1. The van der Waals surface area contributed by atoms with Crippen molar-refractivity contribution in [3.63, 3.8) is 0 Å². The number of ether oxygens (including phenoxy) is 2. The molecule has 0 radical (unpaired) electrons. The quantitative estimate of drug-likeness (QED) is 0.762. The highest BCUT2D eigenvalue weighted by Crippen LogP contribution is 2.35. The maximum Gasteiger partial charge on any atom is 0.196 e. The first-order valence-corrected chi connectivity index (χ1v) is 8.30. The van der Waals surface area contributed by atoms with Crippen molar-refractivity contribution < 1.29 is 14.3 Å². The van der Waals surface area contributed by atoms with E-state index in [0.717, 1.165) is 30.9 Å². The maximum atomic E-state index is 12.9. The van der Waals surface area contributed by atoms with Gasteiger partial charge in [-0.05, 0) is 38.1 Å². The molecule has 2 aromatic rings. The normalized spacial score (nSPS) is 14.6. The molecule has 0 amide bonds. The van der Waals surface area contributed by atoms with Crippen molar-refractivity contribution in [2.24, 2.45) is 0 Å². The van der Waals surface area contributed by atoms with E-state index in [-0.39, 0.29) is 5.78 Å². The van der Waals surface area contributed by atoms with Crippen LogP contribution in [0.3, 0.4) is 0 Å². The van der Waals surface area contributed by atoms with Crippen molar-refractivity contribution in [1.29, 1.82) is 0 Å². The van der Waals surface area contributed by atoms with Crippen molar-refractivity contribution in [3.05, 3.63) is 59.2 Å². The van der Waals surface area contributed by atoms with Gasteiger partial charge in [-0.15, -0.1) is 0 Å². The van der Waals surface area contributed by atoms with Gasteiger partial charge >= 0.3 is 0 Å². The zero-order valence-corrected chi connectivity index (χ0v) is 14.2. The minimum atomic E-state index is -0.0298. The van der Waals surface area contributed by atoms with E-state index in [4.69, 9.17) is 9.47 Å². The molecular weight excluding hydrogens is 302 g/mol. The zero-order valence-electron chi connectivity index (χ0n) is 14.2. The molecule has 4 nitrogen and oxygen atoms in total. The predicted octanol–water partition coefficient (Wildman–Crippen LogP) is 3.53. The second kappa shape index (κ2) is 7.49. The van der Waals surface area contributed by atoms with Crippen LogP contribution < -0.4 is 9.47 Å². The average molecular weight is 325 g/mol. The van der Waals surface area contributed by atoms with Gasteiger partial charge in [0, 0.05) is 12.1 Å². The van der Waals surface area contributed by atoms with E-state index in [2.05, 4.69) is 4.90 Å². The number of hydrogen-bond donors (Lipinski definition) is 0. The summed E-state index contributed by atoms with van der Waals surface area (Å²) in [7, 11) is 3.27. The third-order valence-electron chi connectivity index (χ3n) is 4.50. The van der Waals surface area contributed by atoms with Gasteiger partial charge in [-0.25, -0.2) is 0 Å².